The molecule has 0 atom stereocenters. The molecule has 2 rings (SSSR count). The van der Waals surface area contributed by atoms with E-state index < -0.39 is 0 Å². The Balaban J connectivity index is 2.18. The highest BCUT2D eigenvalue weighted by atomic mass is 15.1. The van der Waals surface area contributed by atoms with Gasteiger partial charge in [0.15, 0.2) is 0 Å². The minimum absolute atomic E-state index is 0.770. The molecule has 0 aliphatic carbocycles. The summed E-state index contributed by atoms with van der Waals surface area (Å²) in [5, 5.41) is 3.29. The Morgan fingerprint density at radius 2 is 2.12 bits per heavy atom. The van der Waals surface area contributed by atoms with E-state index in [9.17, 15) is 0 Å². The molecule has 0 aliphatic rings. The van der Waals surface area contributed by atoms with Crippen molar-refractivity contribution in [3.05, 3.63) is 41.7 Å². The standard InChI is InChI=1S/C13H18N4/c1-4-14-12-5-6-15-13(7-12)8-17-9-16-10(2)11(17)3/h5-7,9H,4,8H2,1-3H3,(H,14,15). The molecule has 2 aromatic heterocycles. The van der Waals surface area contributed by atoms with E-state index in [-0.39, 0.29) is 0 Å². The summed E-state index contributed by atoms with van der Waals surface area (Å²) >= 11 is 0. The lowest BCUT2D eigenvalue weighted by Gasteiger charge is -2.07. The van der Waals surface area contributed by atoms with Crippen LogP contribution in [0.4, 0.5) is 5.69 Å². The van der Waals surface area contributed by atoms with Gasteiger partial charge in [-0.1, -0.05) is 0 Å². The summed E-state index contributed by atoms with van der Waals surface area (Å²) in [5.41, 5.74) is 4.43. The molecular weight excluding hydrogens is 212 g/mol. The highest BCUT2D eigenvalue weighted by Crippen LogP contribution is 2.11. The van der Waals surface area contributed by atoms with E-state index >= 15 is 0 Å². The number of anilines is 1. The maximum atomic E-state index is 4.38. The van der Waals surface area contributed by atoms with Crippen LogP contribution in [0.3, 0.4) is 0 Å². The maximum absolute atomic E-state index is 4.38. The second-order valence-electron chi connectivity index (χ2n) is 4.11. The molecule has 0 aromatic carbocycles. The van der Waals surface area contributed by atoms with E-state index in [2.05, 4.69) is 39.8 Å². The number of hydrogen-bond acceptors (Lipinski definition) is 3. The number of hydrogen-bond donors (Lipinski definition) is 1. The fourth-order valence-electron chi connectivity index (χ4n) is 1.76. The van der Waals surface area contributed by atoms with Crippen LogP contribution in [0, 0.1) is 13.8 Å². The van der Waals surface area contributed by atoms with Crippen molar-refractivity contribution in [1.29, 1.82) is 0 Å². The number of aromatic nitrogens is 3. The first-order chi connectivity index (χ1) is 8.20. The number of nitrogens with zero attached hydrogens (tertiary/aromatic N) is 3. The number of aryl methyl sites for hydroxylation is 1. The van der Waals surface area contributed by atoms with E-state index in [4.69, 9.17) is 0 Å². The molecule has 90 valence electrons. The van der Waals surface area contributed by atoms with Gasteiger partial charge in [-0.05, 0) is 32.9 Å². The van der Waals surface area contributed by atoms with Crippen LogP contribution < -0.4 is 5.32 Å². The molecule has 1 N–H and O–H groups in total. The normalized spacial score (nSPS) is 10.5. The Hall–Kier alpha value is -1.84. The zero-order valence-electron chi connectivity index (χ0n) is 10.6. The molecule has 0 amide bonds. The van der Waals surface area contributed by atoms with E-state index in [0.717, 1.165) is 30.2 Å². The van der Waals surface area contributed by atoms with E-state index in [1.165, 1.54) is 5.69 Å². The van der Waals surface area contributed by atoms with E-state index in [1.807, 2.05) is 25.5 Å². The summed E-state index contributed by atoms with van der Waals surface area (Å²) in [4.78, 5) is 8.67. The van der Waals surface area contributed by atoms with Gasteiger partial charge in [0, 0.05) is 24.1 Å². The largest absolute Gasteiger partial charge is 0.385 e. The average Bonchev–Trinajstić information content (AvgIpc) is 2.62. The molecular formula is C13H18N4. The van der Waals surface area contributed by atoms with Crippen molar-refractivity contribution in [1.82, 2.24) is 14.5 Å². The van der Waals surface area contributed by atoms with Crippen LogP contribution >= 0.6 is 0 Å². The van der Waals surface area contributed by atoms with Gasteiger partial charge in [-0.3, -0.25) is 4.98 Å². The van der Waals surface area contributed by atoms with Crippen LogP contribution in [0.25, 0.3) is 0 Å². The van der Waals surface area contributed by atoms with E-state index in [1.54, 1.807) is 0 Å². The lowest BCUT2D eigenvalue weighted by atomic mass is 10.3. The van der Waals surface area contributed by atoms with Crippen molar-refractivity contribution in [2.24, 2.45) is 0 Å². The Morgan fingerprint density at radius 1 is 1.29 bits per heavy atom. The molecule has 0 radical (unpaired) electrons. The Kier molecular flexibility index (Phi) is 3.42. The van der Waals surface area contributed by atoms with Gasteiger partial charge in [0.25, 0.3) is 0 Å². The van der Waals surface area contributed by atoms with Gasteiger partial charge >= 0.3 is 0 Å². The molecule has 2 aromatic rings. The minimum Gasteiger partial charge on any atom is -0.385 e. The molecule has 0 spiro atoms. The predicted octanol–water partition coefficient (Wildman–Crippen LogP) is 2.38. The van der Waals surface area contributed by atoms with Gasteiger partial charge in [-0.15, -0.1) is 0 Å². The van der Waals surface area contributed by atoms with Crippen LogP contribution in [-0.4, -0.2) is 21.1 Å². The highest BCUT2D eigenvalue weighted by molar-refractivity contribution is 5.43. The Labute approximate surface area is 102 Å². The summed E-state index contributed by atoms with van der Waals surface area (Å²) in [7, 11) is 0. The van der Waals surface area contributed by atoms with Crippen molar-refractivity contribution < 1.29 is 0 Å². The summed E-state index contributed by atoms with van der Waals surface area (Å²) < 4.78 is 2.12. The van der Waals surface area contributed by atoms with Gasteiger partial charge in [-0.25, -0.2) is 4.98 Å². The molecule has 2 heterocycles. The molecule has 0 saturated heterocycles. The molecule has 4 heteroatoms. The second-order valence-corrected chi connectivity index (χ2v) is 4.11. The number of pyridine rings is 1. The molecule has 0 fully saturated rings. The van der Waals surface area contributed by atoms with Gasteiger partial charge in [0.2, 0.25) is 0 Å². The number of rotatable bonds is 4. The predicted molar refractivity (Wildman–Crippen MR) is 69.2 cm³/mol. The first-order valence-corrected chi connectivity index (χ1v) is 5.88. The third-order valence-corrected chi connectivity index (χ3v) is 2.88. The SMILES string of the molecule is CCNc1ccnc(Cn2cnc(C)c2C)c1. The van der Waals surface area contributed by atoms with Crippen LogP contribution in [0.5, 0.6) is 0 Å². The minimum atomic E-state index is 0.770. The summed E-state index contributed by atoms with van der Waals surface area (Å²) in [6.07, 6.45) is 3.71. The zero-order valence-corrected chi connectivity index (χ0v) is 10.6. The van der Waals surface area contributed by atoms with Crippen molar-refractivity contribution in [2.75, 3.05) is 11.9 Å². The Bertz CT molecular complexity index is 502. The van der Waals surface area contributed by atoms with Gasteiger partial charge in [0.05, 0.1) is 24.3 Å². The zero-order chi connectivity index (χ0) is 12.3. The fourth-order valence-corrected chi connectivity index (χ4v) is 1.76. The third-order valence-electron chi connectivity index (χ3n) is 2.88. The lowest BCUT2D eigenvalue weighted by molar-refractivity contribution is 0.748. The van der Waals surface area contributed by atoms with Crippen molar-refractivity contribution in [3.63, 3.8) is 0 Å². The summed E-state index contributed by atoms with van der Waals surface area (Å²) in [6, 6.07) is 4.07. The topological polar surface area (TPSA) is 42.7 Å². The molecule has 0 saturated carbocycles. The van der Waals surface area contributed by atoms with Crippen LogP contribution in [-0.2, 0) is 6.54 Å². The molecule has 4 nitrogen and oxygen atoms in total. The molecule has 0 aliphatic heterocycles. The van der Waals surface area contributed by atoms with Gasteiger partial charge < -0.3 is 9.88 Å². The van der Waals surface area contributed by atoms with E-state index in [0.29, 0.717) is 0 Å². The summed E-state index contributed by atoms with van der Waals surface area (Å²) in [5.74, 6) is 0. The first kappa shape index (κ1) is 11.6. The quantitative estimate of drug-likeness (QED) is 0.877. The maximum Gasteiger partial charge on any atom is 0.0955 e. The number of imidazole rings is 1. The monoisotopic (exact) mass is 230 g/mol. The Morgan fingerprint density at radius 3 is 2.76 bits per heavy atom. The fraction of sp³-hybridized carbons (Fsp3) is 0.385. The average molecular weight is 230 g/mol. The van der Waals surface area contributed by atoms with Crippen LogP contribution in [0.1, 0.15) is 24.0 Å². The highest BCUT2D eigenvalue weighted by Gasteiger charge is 2.04. The van der Waals surface area contributed by atoms with Crippen molar-refractivity contribution in [2.45, 2.75) is 27.3 Å². The third kappa shape index (κ3) is 2.64. The summed E-state index contributed by atoms with van der Waals surface area (Å²) in [6.45, 7) is 7.88. The van der Waals surface area contributed by atoms with Gasteiger partial charge in [-0.2, -0.15) is 0 Å². The smallest absolute Gasteiger partial charge is 0.0955 e. The van der Waals surface area contributed by atoms with Crippen LogP contribution in [0.2, 0.25) is 0 Å². The van der Waals surface area contributed by atoms with Crippen LogP contribution in [0.15, 0.2) is 24.7 Å². The molecule has 0 unspecified atom stereocenters. The van der Waals surface area contributed by atoms with Crippen molar-refractivity contribution >= 4 is 5.69 Å². The van der Waals surface area contributed by atoms with Gasteiger partial charge in [0.1, 0.15) is 0 Å². The molecule has 0 bridgehead atoms. The lowest BCUT2D eigenvalue weighted by Crippen LogP contribution is -2.04. The first-order valence-electron chi connectivity index (χ1n) is 5.88. The molecule has 17 heavy (non-hydrogen) atoms. The number of nitrogens with one attached hydrogen (secondary N) is 1. The second kappa shape index (κ2) is 4.99. The van der Waals surface area contributed by atoms with Crippen molar-refractivity contribution in [3.8, 4) is 0 Å².